The zero-order chi connectivity index (χ0) is 15.1. The number of nitrogens with zero attached hydrogens (tertiary/aromatic N) is 3. The molecule has 7 heteroatoms. The Hall–Kier alpha value is -1.76. The second-order valence-electron chi connectivity index (χ2n) is 5.54. The first-order valence-corrected chi connectivity index (χ1v) is 6.94. The van der Waals surface area contributed by atoms with Crippen molar-refractivity contribution in [2.75, 3.05) is 30.3 Å². The second kappa shape index (κ2) is 7.74. The maximum absolute atomic E-state index is 7.77. The number of rotatable bonds is 8. The Morgan fingerprint density at radius 2 is 1.45 bits per heavy atom. The molecule has 1 aromatic rings. The molecule has 0 bridgehead atoms. The fraction of sp³-hybridized carbons (Fsp3) is 0.692. The van der Waals surface area contributed by atoms with Gasteiger partial charge in [0.15, 0.2) is 5.82 Å². The van der Waals surface area contributed by atoms with Crippen LogP contribution in [-0.2, 0) is 0 Å². The molecular weight excluding hydrogens is 254 g/mol. The molecule has 0 fully saturated rings. The van der Waals surface area contributed by atoms with Gasteiger partial charge in [0.1, 0.15) is 0 Å². The summed E-state index contributed by atoms with van der Waals surface area (Å²) < 4.78 is 0. The molecule has 0 saturated carbocycles. The molecule has 0 spiro atoms. The van der Waals surface area contributed by atoms with E-state index in [0.717, 1.165) is 13.1 Å². The highest BCUT2D eigenvalue weighted by Gasteiger charge is 2.10. The Morgan fingerprint density at radius 1 is 1.00 bits per heavy atom. The molecule has 7 nitrogen and oxygen atoms in total. The summed E-state index contributed by atoms with van der Waals surface area (Å²) in [5.74, 6) is 2.24. The molecule has 0 radical (unpaired) electrons. The van der Waals surface area contributed by atoms with E-state index in [2.05, 4.69) is 53.3 Å². The summed E-state index contributed by atoms with van der Waals surface area (Å²) in [6, 6.07) is 0. The number of nitrogens with two attached hydrogens (primary N) is 1. The van der Waals surface area contributed by atoms with Crippen LogP contribution in [0.25, 0.3) is 0 Å². The van der Waals surface area contributed by atoms with E-state index in [1.54, 1.807) is 0 Å². The van der Waals surface area contributed by atoms with Crippen molar-refractivity contribution in [2.24, 2.45) is 17.6 Å². The average Bonchev–Trinajstić information content (AvgIpc) is 2.41. The molecular formula is C13H25N7. The van der Waals surface area contributed by atoms with E-state index in [0.29, 0.717) is 29.6 Å². The van der Waals surface area contributed by atoms with Gasteiger partial charge in [-0.05, 0) is 11.8 Å². The number of hydrogen-bond acceptors (Lipinski definition) is 7. The Morgan fingerprint density at radius 3 is 1.80 bits per heavy atom. The summed E-state index contributed by atoms with van der Waals surface area (Å²) in [7, 11) is 0. The lowest BCUT2D eigenvalue weighted by Crippen LogP contribution is -2.21. The maximum atomic E-state index is 7.77. The van der Waals surface area contributed by atoms with E-state index in [1.807, 2.05) is 0 Å². The molecule has 0 aliphatic carbocycles. The van der Waals surface area contributed by atoms with Gasteiger partial charge in [0, 0.05) is 19.6 Å². The minimum absolute atomic E-state index is 0.108. The molecule has 0 aliphatic rings. The highest BCUT2D eigenvalue weighted by molar-refractivity contribution is 5.96. The first kappa shape index (κ1) is 16.3. The van der Waals surface area contributed by atoms with Gasteiger partial charge in [-0.15, -0.1) is 0 Å². The molecule has 0 atom stereocenters. The Kier molecular flexibility index (Phi) is 6.30. The third kappa shape index (κ3) is 5.48. The van der Waals surface area contributed by atoms with E-state index in [1.165, 1.54) is 0 Å². The summed E-state index contributed by atoms with van der Waals surface area (Å²) in [6.45, 7) is 10.1. The molecule has 112 valence electrons. The lowest BCUT2D eigenvalue weighted by molar-refractivity contribution is 0.678. The van der Waals surface area contributed by atoms with Crippen LogP contribution in [0, 0.1) is 17.2 Å². The average molecular weight is 279 g/mol. The number of anilines is 2. The van der Waals surface area contributed by atoms with Crippen LogP contribution in [0.5, 0.6) is 0 Å². The van der Waals surface area contributed by atoms with E-state index in [-0.39, 0.29) is 12.3 Å². The first-order chi connectivity index (χ1) is 9.42. The Labute approximate surface area is 120 Å². The highest BCUT2D eigenvalue weighted by atomic mass is 15.2. The van der Waals surface area contributed by atoms with Crippen molar-refractivity contribution < 1.29 is 0 Å². The van der Waals surface area contributed by atoms with E-state index in [9.17, 15) is 0 Å². The van der Waals surface area contributed by atoms with Gasteiger partial charge in [-0.25, -0.2) is 0 Å². The lowest BCUT2D eigenvalue weighted by Gasteiger charge is -2.12. The van der Waals surface area contributed by atoms with Crippen LogP contribution >= 0.6 is 0 Å². The molecule has 0 amide bonds. The summed E-state index contributed by atoms with van der Waals surface area (Å²) >= 11 is 0. The number of aromatic nitrogens is 3. The van der Waals surface area contributed by atoms with Gasteiger partial charge in [0.05, 0.1) is 5.71 Å². The van der Waals surface area contributed by atoms with Gasteiger partial charge in [0.25, 0.3) is 0 Å². The van der Waals surface area contributed by atoms with Gasteiger partial charge in [-0.1, -0.05) is 27.7 Å². The summed E-state index contributed by atoms with van der Waals surface area (Å²) in [5, 5.41) is 14.1. The topological polar surface area (TPSA) is 113 Å². The first-order valence-electron chi connectivity index (χ1n) is 6.94. The van der Waals surface area contributed by atoms with Crippen molar-refractivity contribution in [1.29, 1.82) is 5.41 Å². The predicted octanol–water partition coefficient (Wildman–Crippen LogP) is 1.33. The molecule has 0 unspecified atom stereocenters. The van der Waals surface area contributed by atoms with Gasteiger partial charge in [0.2, 0.25) is 11.9 Å². The molecule has 0 aromatic carbocycles. The van der Waals surface area contributed by atoms with Crippen LogP contribution in [0.4, 0.5) is 11.9 Å². The van der Waals surface area contributed by atoms with Crippen molar-refractivity contribution in [3.63, 3.8) is 0 Å². The van der Waals surface area contributed by atoms with Gasteiger partial charge >= 0.3 is 0 Å². The van der Waals surface area contributed by atoms with Crippen LogP contribution in [-0.4, -0.2) is 40.3 Å². The van der Waals surface area contributed by atoms with Crippen molar-refractivity contribution in [2.45, 2.75) is 27.7 Å². The second-order valence-corrected chi connectivity index (χ2v) is 5.54. The fourth-order valence-corrected chi connectivity index (χ4v) is 1.35. The normalized spacial score (nSPS) is 10.9. The number of hydrogen-bond donors (Lipinski definition) is 4. The third-order valence-corrected chi connectivity index (χ3v) is 2.45. The molecule has 0 saturated heterocycles. The lowest BCUT2D eigenvalue weighted by atomic mass is 10.2. The summed E-state index contributed by atoms with van der Waals surface area (Å²) in [6.07, 6.45) is 0. The molecule has 1 rings (SSSR count). The fourth-order valence-electron chi connectivity index (χ4n) is 1.35. The van der Waals surface area contributed by atoms with E-state index in [4.69, 9.17) is 11.1 Å². The molecule has 20 heavy (non-hydrogen) atoms. The van der Waals surface area contributed by atoms with Gasteiger partial charge in [-0.2, -0.15) is 15.0 Å². The van der Waals surface area contributed by atoms with Crippen molar-refractivity contribution in [3.05, 3.63) is 5.82 Å². The molecule has 1 heterocycles. The zero-order valence-electron chi connectivity index (χ0n) is 12.7. The SMILES string of the molecule is CC(C)CNc1nc(NCC(C)C)nc(C(=N)CN)n1. The predicted molar refractivity (Wildman–Crippen MR) is 82.4 cm³/mol. The third-order valence-electron chi connectivity index (χ3n) is 2.45. The largest absolute Gasteiger partial charge is 0.354 e. The summed E-state index contributed by atoms with van der Waals surface area (Å²) in [5.41, 5.74) is 5.68. The van der Waals surface area contributed by atoms with E-state index >= 15 is 0 Å². The number of nitrogens with one attached hydrogen (secondary N) is 3. The molecule has 1 aromatic heterocycles. The summed E-state index contributed by atoms with van der Waals surface area (Å²) in [4.78, 5) is 12.8. The smallest absolute Gasteiger partial charge is 0.228 e. The van der Waals surface area contributed by atoms with Crippen LogP contribution in [0.2, 0.25) is 0 Å². The monoisotopic (exact) mass is 279 g/mol. The van der Waals surface area contributed by atoms with Crippen molar-refractivity contribution in [3.8, 4) is 0 Å². The standard InChI is InChI=1S/C13H25N7/c1-8(2)6-16-12-18-11(10(15)5-14)19-13(20-12)17-7-9(3)4/h8-9,15H,5-7,14H2,1-4H3,(H2,16,17,18,19,20). The quantitative estimate of drug-likeness (QED) is 0.534. The van der Waals surface area contributed by atoms with Crippen LogP contribution in [0.3, 0.4) is 0 Å². The van der Waals surface area contributed by atoms with Crippen LogP contribution < -0.4 is 16.4 Å². The van der Waals surface area contributed by atoms with Gasteiger partial charge in [-0.3, -0.25) is 0 Å². The zero-order valence-corrected chi connectivity index (χ0v) is 12.7. The van der Waals surface area contributed by atoms with Crippen molar-refractivity contribution in [1.82, 2.24) is 15.0 Å². The van der Waals surface area contributed by atoms with E-state index < -0.39 is 0 Å². The molecule has 0 aliphatic heterocycles. The van der Waals surface area contributed by atoms with Gasteiger partial charge < -0.3 is 21.8 Å². The highest BCUT2D eigenvalue weighted by Crippen LogP contribution is 2.08. The van der Waals surface area contributed by atoms with Crippen LogP contribution in [0.15, 0.2) is 0 Å². The Balaban J connectivity index is 2.91. The minimum atomic E-state index is 0.108. The van der Waals surface area contributed by atoms with Crippen molar-refractivity contribution >= 4 is 17.6 Å². The minimum Gasteiger partial charge on any atom is -0.354 e. The maximum Gasteiger partial charge on any atom is 0.228 e. The molecule has 5 N–H and O–H groups in total. The van der Waals surface area contributed by atoms with Crippen LogP contribution in [0.1, 0.15) is 33.5 Å². The Bertz CT molecular complexity index is 412.